The van der Waals surface area contributed by atoms with Crippen LogP contribution in [0.1, 0.15) is 64.9 Å². The Hall–Kier alpha value is -5.08. The van der Waals surface area contributed by atoms with Gasteiger partial charge in [0, 0.05) is 18.5 Å². The molecule has 0 aliphatic rings. The van der Waals surface area contributed by atoms with Gasteiger partial charge in [-0.05, 0) is 53.5 Å². The monoisotopic (exact) mass is 640 g/mol. The lowest BCUT2D eigenvalue weighted by Crippen LogP contribution is -2.47. The second-order valence-corrected chi connectivity index (χ2v) is 10.9. The Bertz CT molecular complexity index is 1440. The second-order valence-electron chi connectivity index (χ2n) is 10.9. The Balaban J connectivity index is 1.63. The molecular weight excluding hydrogens is 600 g/mol. The van der Waals surface area contributed by atoms with Crippen LogP contribution < -0.4 is 0 Å². The van der Waals surface area contributed by atoms with E-state index in [0.717, 1.165) is 27.9 Å². The van der Waals surface area contributed by atoms with E-state index in [1.54, 1.807) is 13.8 Å². The van der Waals surface area contributed by atoms with Crippen LogP contribution in [0.15, 0.2) is 48.5 Å². The number of nitrogens with zero attached hydrogens (tertiary/aromatic N) is 6. The van der Waals surface area contributed by atoms with Crippen molar-refractivity contribution in [2.45, 2.75) is 78.6 Å². The fourth-order valence-corrected chi connectivity index (χ4v) is 4.74. The van der Waals surface area contributed by atoms with Crippen LogP contribution in [0, 0.1) is 16.0 Å². The van der Waals surface area contributed by atoms with Crippen molar-refractivity contribution in [3.8, 4) is 22.5 Å². The first kappa shape index (κ1) is 35.4. The number of carbonyl (C=O) groups excluding carboxylic acids is 2. The number of aliphatic carboxylic acids is 1. The first-order valence-electron chi connectivity index (χ1n) is 15.2. The molecule has 1 heterocycles. The average molecular weight is 641 g/mol. The maximum atomic E-state index is 13.0. The number of rotatable bonds is 19. The van der Waals surface area contributed by atoms with Crippen LogP contribution in [-0.4, -0.2) is 72.6 Å². The van der Waals surface area contributed by atoms with Gasteiger partial charge in [0.15, 0.2) is 0 Å². The molecule has 0 radical (unpaired) electrons. The van der Waals surface area contributed by atoms with Crippen LogP contribution in [0.5, 0.6) is 0 Å². The molecule has 1 N–H and O–H groups in total. The zero-order valence-electron chi connectivity index (χ0n) is 26.2. The van der Waals surface area contributed by atoms with Crippen LogP contribution in [0.3, 0.4) is 0 Å². The standard InChI is InChI=1S/C31H40N6O9/c1-4-5-13-27(38)35(28(22(2)3)30(39)40)20-23-14-16-24(17-15-23)25-11-7-8-12-26(25)29-32-34-36(33-29)21-45-31(41)44-18-9-6-10-19-46-37(42)43/h7-8,11-12,14-17,22,28H,4-6,9-10,13,18-21H2,1-3H3,(H,39,40)/t28-/m1/s1. The molecule has 1 aromatic heterocycles. The van der Waals surface area contributed by atoms with E-state index in [4.69, 9.17) is 9.47 Å². The van der Waals surface area contributed by atoms with Gasteiger partial charge in [-0.3, -0.25) is 4.79 Å². The van der Waals surface area contributed by atoms with Gasteiger partial charge >= 0.3 is 12.1 Å². The molecule has 15 nitrogen and oxygen atoms in total. The van der Waals surface area contributed by atoms with Crippen molar-refractivity contribution in [2.24, 2.45) is 5.92 Å². The summed E-state index contributed by atoms with van der Waals surface area (Å²) in [5, 5.41) is 31.5. The van der Waals surface area contributed by atoms with Crippen molar-refractivity contribution in [1.82, 2.24) is 25.1 Å². The number of amides is 1. The lowest BCUT2D eigenvalue weighted by atomic mass is 9.97. The molecule has 248 valence electrons. The third-order valence-corrected chi connectivity index (χ3v) is 7.03. The highest BCUT2D eigenvalue weighted by atomic mass is 16.9. The normalized spacial score (nSPS) is 11.6. The Morgan fingerprint density at radius 2 is 1.67 bits per heavy atom. The third-order valence-electron chi connectivity index (χ3n) is 7.03. The third kappa shape index (κ3) is 10.8. The average Bonchev–Trinajstić information content (AvgIpc) is 3.50. The maximum Gasteiger partial charge on any atom is 0.510 e. The van der Waals surface area contributed by atoms with E-state index in [-0.39, 0.29) is 38.3 Å². The molecule has 0 spiro atoms. The zero-order chi connectivity index (χ0) is 33.5. The Kier molecular flexibility index (Phi) is 13.9. The Morgan fingerprint density at radius 3 is 2.33 bits per heavy atom. The molecule has 46 heavy (non-hydrogen) atoms. The van der Waals surface area contributed by atoms with Crippen LogP contribution in [0.4, 0.5) is 4.79 Å². The number of unbranched alkanes of at least 4 members (excludes halogenated alkanes) is 3. The van der Waals surface area contributed by atoms with Crippen LogP contribution in [0.25, 0.3) is 22.5 Å². The molecule has 0 aliphatic heterocycles. The Morgan fingerprint density at radius 1 is 0.978 bits per heavy atom. The molecular formula is C31H40N6O9. The molecule has 0 aliphatic carbocycles. The first-order valence-corrected chi connectivity index (χ1v) is 15.2. The van der Waals surface area contributed by atoms with Crippen LogP contribution in [0.2, 0.25) is 0 Å². The summed E-state index contributed by atoms with van der Waals surface area (Å²) in [4.78, 5) is 53.9. The summed E-state index contributed by atoms with van der Waals surface area (Å²) in [5.41, 5.74) is 3.16. The van der Waals surface area contributed by atoms with E-state index in [1.807, 2.05) is 55.5 Å². The summed E-state index contributed by atoms with van der Waals surface area (Å²) in [6.45, 7) is 5.52. The van der Waals surface area contributed by atoms with Gasteiger partial charge in [0.05, 0.1) is 13.2 Å². The maximum absolute atomic E-state index is 13.0. The minimum Gasteiger partial charge on any atom is -0.480 e. The molecule has 0 saturated carbocycles. The summed E-state index contributed by atoms with van der Waals surface area (Å²) >= 11 is 0. The smallest absolute Gasteiger partial charge is 0.480 e. The molecule has 3 aromatic rings. The molecule has 0 unspecified atom stereocenters. The molecule has 2 aromatic carbocycles. The number of benzene rings is 2. The van der Waals surface area contributed by atoms with Crippen molar-refractivity contribution in [3.63, 3.8) is 0 Å². The lowest BCUT2D eigenvalue weighted by Gasteiger charge is -2.32. The number of ether oxygens (including phenoxy) is 2. The number of carbonyl (C=O) groups is 3. The SMILES string of the molecule is CCCCC(=O)N(Cc1ccc(-c2ccccc2-c2nnn(COC(=O)OCCCCCO[N+](=O)[O-])n2)cc1)[C@@H](C(=O)O)C(C)C. The van der Waals surface area contributed by atoms with E-state index < -0.39 is 23.3 Å². The number of hydrogen-bond donors (Lipinski definition) is 1. The highest BCUT2D eigenvalue weighted by molar-refractivity contribution is 5.84. The fraction of sp³-hybridized carbons (Fsp3) is 0.484. The summed E-state index contributed by atoms with van der Waals surface area (Å²) in [5.74, 6) is -1.15. The number of carboxylic acid groups (broad SMARTS) is 1. The van der Waals surface area contributed by atoms with E-state index >= 15 is 0 Å². The van der Waals surface area contributed by atoms with Gasteiger partial charge in [-0.1, -0.05) is 75.7 Å². The Labute approximate surface area is 266 Å². The first-order chi connectivity index (χ1) is 22.1. The van der Waals surface area contributed by atoms with Gasteiger partial charge in [-0.2, -0.15) is 0 Å². The van der Waals surface area contributed by atoms with Gasteiger partial charge < -0.3 is 24.3 Å². The van der Waals surface area contributed by atoms with Crippen molar-refractivity contribution in [3.05, 3.63) is 64.2 Å². The number of carboxylic acids is 1. The number of hydrogen-bond acceptors (Lipinski definition) is 11. The van der Waals surface area contributed by atoms with Gasteiger partial charge in [0.25, 0.3) is 5.09 Å². The summed E-state index contributed by atoms with van der Waals surface area (Å²) in [7, 11) is 0. The highest BCUT2D eigenvalue weighted by Gasteiger charge is 2.32. The van der Waals surface area contributed by atoms with Gasteiger partial charge in [-0.15, -0.1) is 25.1 Å². The second kappa shape index (κ2) is 18.0. The summed E-state index contributed by atoms with van der Waals surface area (Å²) < 4.78 is 10.0. The van der Waals surface area contributed by atoms with Crippen LogP contribution >= 0.6 is 0 Å². The molecule has 0 saturated heterocycles. The molecule has 15 heteroatoms. The van der Waals surface area contributed by atoms with Crippen molar-refractivity contribution in [1.29, 1.82) is 0 Å². The number of aromatic nitrogens is 4. The van der Waals surface area contributed by atoms with Crippen molar-refractivity contribution >= 4 is 18.0 Å². The van der Waals surface area contributed by atoms with Crippen LogP contribution in [-0.2, 0) is 37.2 Å². The zero-order valence-corrected chi connectivity index (χ0v) is 26.2. The predicted molar refractivity (Wildman–Crippen MR) is 164 cm³/mol. The van der Waals surface area contributed by atoms with Crippen molar-refractivity contribution in [2.75, 3.05) is 13.2 Å². The molecule has 0 bridgehead atoms. The fourth-order valence-electron chi connectivity index (χ4n) is 4.74. The minimum absolute atomic E-state index is 0.0142. The van der Waals surface area contributed by atoms with Gasteiger partial charge in [0.2, 0.25) is 18.5 Å². The van der Waals surface area contributed by atoms with E-state index in [1.165, 1.54) is 4.90 Å². The summed E-state index contributed by atoms with van der Waals surface area (Å²) in [6.07, 6.45) is 2.45. The molecule has 0 fully saturated rings. The van der Waals surface area contributed by atoms with E-state index in [9.17, 15) is 29.6 Å². The van der Waals surface area contributed by atoms with Gasteiger partial charge in [-0.25, -0.2) is 9.59 Å². The van der Waals surface area contributed by atoms with Crippen molar-refractivity contribution < 1.29 is 38.9 Å². The minimum atomic E-state index is -1.02. The summed E-state index contributed by atoms with van der Waals surface area (Å²) in [6, 6.07) is 14.1. The molecule has 3 rings (SSSR count). The largest absolute Gasteiger partial charge is 0.510 e. The quantitative estimate of drug-likeness (QED) is 0.0789. The topological polar surface area (TPSA) is 189 Å². The van der Waals surface area contributed by atoms with Gasteiger partial charge in [0.1, 0.15) is 6.04 Å². The van der Waals surface area contributed by atoms with E-state index in [2.05, 4.69) is 20.2 Å². The van der Waals surface area contributed by atoms with E-state index in [0.29, 0.717) is 43.5 Å². The highest BCUT2D eigenvalue weighted by Crippen LogP contribution is 2.30. The predicted octanol–water partition coefficient (Wildman–Crippen LogP) is 5.12. The lowest BCUT2D eigenvalue weighted by molar-refractivity contribution is -0.757. The molecule has 1 atom stereocenters. The molecule has 1 amide bonds. The number of tetrazole rings is 1.